The number of hydrogen-bond donors (Lipinski definition) is 1. The average Bonchev–Trinajstić information content (AvgIpc) is 2.40. The van der Waals surface area contributed by atoms with Crippen LogP contribution in [0.25, 0.3) is 0 Å². The Morgan fingerprint density at radius 1 is 0.947 bits per heavy atom. The van der Waals surface area contributed by atoms with E-state index >= 15 is 0 Å². The molecule has 5 nitrogen and oxygen atoms in total. The van der Waals surface area contributed by atoms with E-state index in [0.717, 1.165) is 6.42 Å². The second-order valence-corrected chi connectivity index (χ2v) is 3.73. The van der Waals surface area contributed by atoms with Crippen molar-refractivity contribution < 1.29 is 24.1 Å². The van der Waals surface area contributed by atoms with E-state index in [4.69, 9.17) is 18.9 Å². The zero-order chi connectivity index (χ0) is 14.2. The zero-order valence-corrected chi connectivity index (χ0v) is 12.0. The van der Waals surface area contributed by atoms with Crippen molar-refractivity contribution in [2.45, 2.75) is 13.3 Å². The molecule has 0 unspecified atom stereocenters. The van der Waals surface area contributed by atoms with Crippen molar-refractivity contribution in [2.24, 2.45) is 0 Å². The largest absolute Gasteiger partial charge is 0.508 e. The van der Waals surface area contributed by atoms with Crippen LogP contribution in [0.15, 0.2) is 24.0 Å². The standard InChI is InChI=1S/C14H26O5/c1-3-5-14(15)6-4-7-17-10-11-19-13-12-18-9-8-16-2/h4-6,15H,3,7-13H2,1-2H3/b6-4-,14-5+. The average molecular weight is 274 g/mol. The van der Waals surface area contributed by atoms with Gasteiger partial charge in [0.15, 0.2) is 0 Å². The van der Waals surface area contributed by atoms with Crippen molar-refractivity contribution in [3.8, 4) is 0 Å². The Labute approximate surface area is 115 Å². The third-order valence-electron chi connectivity index (χ3n) is 2.09. The van der Waals surface area contributed by atoms with Crippen LogP contribution in [0.4, 0.5) is 0 Å². The van der Waals surface area contributed by atoms with Crippen LogP contribution in [0.5, 0.6) is 0 Å². The molecule has 0 aliphatic rings. The molecular weight excluding hydrogens is 248 g/mol. The van der Waals surface area contributed by atoms with Crippen LogP contribution in [-0.4, -0.2) is 58.5 Å². The molecule has 0 spiro atoms. The summed E-state index contributed by atoms with van der Waals surface area (Å²) in [5.41, 5.74) is 0. The van der Waals surface area contributed by atoms with E-state index in [2.05, 4.69) is 0 Å². The van der Waals surface area contributed by atoms with Gasteiger partial charge in [-0.15, -0.1) is 0 Å². The van der Waals surface area contributed by atoms with Gasteiger partial charge >= 0.3 is 0 Å². The van der Waals surface area contributed by atoms with Gasteiger partial charge in [0, 0.05) is 7.11 Å². The highest BCUT2D eigenvalue weighted by atomic mass is 16.6. The van der Waals surface area contributed by atoms with E-state index in [1.54, 1.807) is 25.3 Å². The second kappa shape index (κ2) is 15.2. The minimum absolute atomic E-state index is 0.274. The fraction of sp³-hybridized carbons (Fsp3) is 0.714. The molecule has 0 atom stereocenters. The van der Waals surface area contributed by atoms with Gasteiger partial charge in [-0.1, -0.05) is 13.0 Å². The normalized spacial score (nSPS) is 12.4. The van der Waals surface area contributed by atoms with Crippen LogP contribution in [0.1, 0.15) is 13.3 Å². The third kappa shape index (κ3) is 15.1. The van der Waals surface area contributed by atoms with Crippen LogP contribution in [0, 0.1) is 0 Å². The van der Waals surface area contributed by atoms with Crippen molar-refractivity contribution in [1.82, 2.24) is 0 Å². The number of allylic oxidation sites excluding steroid dienone is 2. The van der Waals surface area contributed by atoms with Crippen molar-refractivity contribution in [1.29, 1.82) is 0 Å². The second-order valence-electron chi connectivity index (χ2n) is 3.73. The van der Waals surface area contributed by atoms with Crippen molar-refractivity contribution in [3.05, 3.63) is 24.0 Å². The Morgan fingerprint density at radius 2 is 1.53 bits per heavy atom. The van der Waals surface area contributed by atoms with Crippen molar-refractivity contribution >= 4 is 0 Å². The van der Waals surface area contributed by atoms with Crippen molar-refractivity contribution in [3.63, 3.8) is 0 Å². The fourth-order valence-corrected chi connectivity index (χ4v) is 1.18. The molecule has 112 valence electrons. The summed E-state index contributed by atoms with van der Waals surface area (Å²) in [6.07, 6.45) is 5.96. The first kappa shape index (κ1) is 18.1. The van der Waals surface area contributed by atoms with Crippen LogP contribution < -0.4 is 0 Å². The molecule has 0 bridgehead atoms. The monoisotopic (exact) mass is 274 g/mol. The predicted molar refractivity (Wildman–Crippen MR) is 74.5 cm³/mol. The predicted octanol–water partition coefficient (Wildman–Crippen LogP) is 2.09. The molecule has 0 saturated heterocycles. The number of aliphatic hydroxyl groups is 1. The van der Waals surface area contributed by atoms with Gasteiger partial charge in [0.2, 0.25) is 0 Å². The molecule has 0 heterocycles. The molecule has 0 aromatic carbocycles. The molecule has 0 aliphatic carbocycles. The SMILES string of the molecule is CC/C=C(O)\C=C/COCCOCCOCCOC. The van der Waals surface area contributed by atoms with Gasteiger partial charge < -0.3 is 24.1 Å². The molecule has 19 heavy (non-hydrogen) atoms. The zero-order valence-electron chi connectivity index (χ0n) is 12.0. The van der Waals surface area contributed by atoms with E-state index < -0.39 is 0 Å². The molecule has 0 aliphatic heterocycles. The lowest BCUT2D eigenvalue weighted by Gasteiger charge is -2.05. The van der Waals surface area contributed by atoms with Gasteiger partial charge in [0.25, 0.3) is 0 Å². The Balaban J connectivity index is 3.17. The Kier molecular flexibility index (Phi) is 14.5. The molecular formula is C14H26O5. The Bertz CT molecular complexity index is 238. The highest BCUT2D eigenvalue weighted by molar-refractivity contribution is 5.09. The number of rotatable bonds is 13. The van der Waals surface area contributed by atoms with E-state index in [9.17, 15) is 5.11 Å². The first-order valence-corrected chi connectivity index (χ1v) is 6.59. The highest BCUT2D eigenvalue weighted by Gasteiger charge is 1.90. The van der Waals surface area contributed by atoms with E-state index in [1.807, 2.05) is 6.92 Å². The van der Waals surface area contributed by atoms with Gasteiger partial charge in [-0.2, -0.15) is 0 Å². The van der Waals surface area contributed by atoms with Gasteiger partial charge in [-0.05, 0) is 18.6 Å². The van der Waals surface area contributed by atoms with Gasteiger partial charge in [0.05, 0.1) is 46.2 Å². The lowest BCUT2D eigenvalue weighted by molar-refractivity contribution is 0.00706. The summed E-state index contributed by atoms with van der Waals surface area (Å²) in [6.45, 7) is 5.83. The summed E-state index contributed by atoms with van der Waals surface area (Å²) in [5, 5.41) is 9.28. The minimum atomic E-state index is 0.274. The molecule has 1 N–H and O–H groups in total. The minimum Gasteiger partial charge on any atom is -0.508 e. The summed E-state index contributed by atoms with van der Waals surface area (Å²) in [6, 6.07) is 0. The summed E-state index contributed by atoms with van der Waals surface area (Å²) in [4.78, 5) is 0. The summed E-state index contributed by atoms with van der Waals surface area (Å²) < 4.78 is 20.7. The molecule has 0 rings (SSSR count). The van der Waals surface area contributed by atoms with Crippen LogP contribution in [-0.2, 0) is 18.9 Å². The number of methoxy groups -OCH3 is 1. The molecule has 0 fully saturated rings. The lowest BCUT2D eigenvalue weighted by Crippen LogP contribution is -2.11. The maximum Gasteiger partial charge on any atom is 0.111 e. The molecule has 0 aromatic rings. The number of aliphatic hydroxyl groups excluding tert-OH is 1. The molecule has 0 saturated carbocycles. The number of hydrogen-bond acceptors (Lipinski definition) is 5. The van der Waals surface area contributed by atoms with Gasteiger partial charge in [-0.3, -0.25) is 0 Å². The fourth-order valence-electron chi connectivity index (χ4n) is 1.18. The van der Waals surface area contributed by atoms with E-state index in [-0.39, 0.29) is 5.76 Å². The summed E-state index contributed by atoms with van der Waals surface area (Å²) >= 11 is 0. The summed E-state index contributed by atoms with van der Waals surface area (Å²) in [7, 11) is 1.64. The maximum absolute atomic E-state index is 9.28. The van der Waals surface area contributed by atoms with Crippen LogP contribution >= 0.6 is 0 Å². The topological polar surface area (TPSA) is 57.2 Å². The maximum atomic E-state index is 9.28. The van der Waals surface area contributed by atoms with Crippen LogP contribution in [0.3, 0.4) is 0 Å². The Hall–Kier alpha value is -0.880. The quantitative estimate of drug-likeness (QED) is 0.316. The molecule has 0 amide bonds. The molecule has 0 radical (unpaired) electrons. The van der Waals surface area contributed by atoms with Gasteiger partial charge in [0.1, 0.15) is 5.76 Å². The lowest BCUT2D eigenvalue weighted by atomic mass is 10.3. The first-order valence-electron chi connectivity index (χ1n) is 6.59. The summed E-state index contributed by atoms with van der Waals surface area (Å²) in [5.74, 6) is 0.274. The van der Waals surface area contributed by atoms with Gasteiger partial charge in [-0.25, -0.2) is 0 Å². The third-order valence-corrected chi connectivity index (χ3v) is 2.09. The number of ether oxygens (including phenoxy) is 4. The molecule has 0 aromatic heterocycles. The van der Waals surface area contributed by atoms with Crippen molar-refractivity contribution in [2.75, 3.05) is 53.4 Å². The highest BCUT2D eigenvalue weighted by Crippen LogP contribution is 1.93. The smallest absolute Gasteiger partial charge is 0.111 e. The Morgan fingerprint density at radius 3 is 2.11 bits per heavy atom. The first-order chi connectivity index (χ1) is 9.31. The van der Waals surface area contributed by atoms with Crippen LogP contribution in [0.2, 0.25) is 0 Å². The van der Waals surface area contributed by atoms with E-state index in [1.165, 1.54) is 0 Å². The van der Waals surface area contributed by atoms with E-state index in [0.29, 0.717) is 46.2 Å². The molecule has 5 heteroatoms.